The number of likely N-dealkylation sites (tertiary alicyclic amines) is 1. The maximum atomic E-state index is 12.9. The number of halogens is 3. The van der Waals surface area contributed by atoms with E-state index in [2.05, 4.69) is 10.3 Å². The second kappa shape index (κ2) is 7.38. The number of aromatic nitrogens is 1. The Morgan fingerprint density at radius 1 is 1.26 bits per heavy atom. The fraction of sp³-hybridized carbons (Fsp3) is 0.316. The van der Waals surface area contributed by atoms with E-state index in [9.17, 15) is 22.8 Å². The zero-order valence-electron chi connectivity index (χ0n) is 14.6. The van der Waals surface area contributed by atoms with Gasteiger partial charge in [0.05, 0.1) is 11.7 Å². The van der Waals surface area contributed by atoms with Crippen LogP contribution in [-0.4, -0.2) is 40.8 Å². The first kappa shape index (κ1) is 18.9. The molecule has 0 aliphatic carbocycles. The Labute approximate surface area is 154 Å². The number of likely N-dealkylation sites (N-methyl/N-ethyl adjacent to an activating group) is 1. The van der Waals surface area contributed by atoms with E-state index < -0.39 is 11.9 Å². The van der Waals surface area contributed by atoms with Crippen LogP contribution < -0.4 is 5.32 Å². The van der Waals surface area contributed by atoms with Crippen LogP contribution in [0.1, 0.15) is 29.4 Å². The van der Waals surface area contributed by atoms with Crippen LogP contribution in [0.4, 0.5) is 13.2 Å². The molecule has 1 atom stereocenters. The van der Waals surface area contributed by atoms with Gasteiger partial charge in [-0.2, -0.15) is 13.2 Å². The van der Waals surface area contributed by atoms with Gasteiger partial charge in [-0.3, -0.25) is 9.59 Å². The molecule has 1 aliphatic rings. The first-order valence-corrected chi connectivity index (χ1v) is 8.51. The monoisotopic (exact) mass is 377 g/mol. The van der Waals surface area contributed by atoms with Gasteiger partial charge in [0.2, 0.25) is 5.91 Å². The van der Waals surface area contributed by atoms with Crippen LogP contribution in [0.2, 0.25) is 0 Å². The Morgan fingerprint density at radius 3 is 2.67 bits per heavy atom. The van der Waals surface area contributed by atoms with Gasteiger partial charge in [-0.05, 0) is 31.2 Å². The van der Waals surface area contributed by atoms with Gasteiger partial charge in [-0.1, -0.05) is 18.2 Å². The molecule has 142 valence electrons. The van der Waals surface area contributed by atoms with Crippen LogP contribution >= 0.6 is 0 Å². The highest BCUT2D eigenvalue weighted by molar-refractivity contribution is 5.96. The molecular weight excluding hydrogens is 359 g/mol. The van der Waals surface area contributed by atoms with E-state index in [0.717, 1.165) is 6.07 Å². The Bertz CT molecular complexity index is 867. The molecule has 0 bridgehead atoms. The minimum Gasteiger partial charge on any atom is -0.347 e. The number of rotatable bonds is 4. The summed E-state index contributed by atoms with van der Waals surface area (Å²) in [4.78, 5) is 29.5. The third kappa shape index (κ3) is 4.27. The minimum absolute atomic E-state index is 0.00952. The van der Waals surface area contributed by atoms with Gasteiger partial charge < -0.3 is 10.2 Å². The molecule has 1 aromatic heterocycles. The van der Waals surface area contributed by atoms with E-state index in [-0.39, 0.29) is 30.0 Å². The van der Waals surface area contributed by atoms with Crippen LogP contribution in [0, 0.1) is 0 Å². The molecule has 1 aliphatic heterocycles. The molecule has 0 spiro atoms. The number of carbonyl (C=O) groups is 2. The molecule has 8 heteroatoms. The van der Waals surface area contributed by atoms with Crippen LogP contribution in [0.3, 0.4) is 0 Å². The van der Waals surface area contributed by atoms with Crippen molar-refractivity contribution in [3.8, 4) is 11.3 Å². The Morgan fingerprint density at radius 2 is 2.00 bits per heavy atom. The highest BCUT2D eigenvalue weighted by atomic mass is 19.4. The van der Waals surface area contributed by atoms with Crippen LogP contribution in [0.25, 0.3) is 11.3 Å². The molecule has 3 rings (SSSR count). The summed E-state index contributed by atoms with van der Waals surface area (Å²) in [5.41, 5.74) is -0.146. The molecule has 1 saturated heterocycles. The first-order valence-electron chi connectivity index (χ1n) is 8.51. The van der Waals surface area contributed by atoms with E-state index in [4.69, 9.17) is 0 Å². The van der Waals surface area contributed by atoms with E-state index >= 15 is 0 Å². The molecule has 1 unspecified atom stereocenters. The quantitative estimate of drug-likeness (QED) is 0.891. The minimum atomic E-state index is -4.54. The van der Waals surface area contributed by atoms with E-state index in [1.54, 1.807) is 23.1 Å². The second-order valence-corrected chi connectivity index (χ2v) is 6.29. The first-order chi connectivity index (χ1) is 12.8. The van der Waals surface area contributed by atoms with Gasteiger partial charge >= 0.3 is 6.18 Å². The molecule has 2 amide bonds. The Hall–Kier alpha value is -2.90. The van der Waals surface area contributed by atoms with Gasteiger partial charge in [0, 0.05) is 30.6 Å². The molecule has 2 heterocycles. The molecular formula is C19H18F3N3O2. The zero-order valence-corrected chi connectivity index (χ0v) is 14.6. The van der Waals surface area contributed by atoms with Crippen molar-refractivity contribution in [2.45, 2.75) is 25.6 Å². The summed E-state index contributed by atoms with van der Waals surface area (Å²) in [6, 6.07) is 9.60. The summed E-state index contributed by atoms with van der Waals surface area (Å²) in [6.45, 7) is 2.91. The summed E-state index contributed by atoms with van der Waals surface area (Å²) in [5, 5.41) is 2.80. The zero-order chi connectivity index (χ0) is 19.6. The largest absolute Gasteiger partial charge is 0.433 e. The fourth-order valence-corrected chi connectivity index (χ4v) is 3.02. The number of benzene rings is 1. The van der Waals surface area contributed by atoms with Crippen molar-refractivity contribution in [3.63, 3.8) is 0 Å². The van der Waals surface area contributed by atoms with Crippen molar-refractivity contribution >= 4 is 11.8 Å². The Kier molecular flexibility index (Phi) is 5.16. The number of carbonyl (C=O) groups excluding carboxylic acids is 2. The topological polar surface area (TPSA) is 62.3 Å². The highest BCUT2D eigenvalue weighted by Crippen LogP contribution is 2.29. The summed E-state index contributed by atoms with van der Waals surface area (Å²) >= 11 is 0. The summed E-state index contributed by atoms with van der Waals surface area (Å²) in [6.07, 6.45) is -4.29. The molecule has 1 fully saturated rings. The van der Waals surface area contributed by atoms with Crippen molar-refractivity contribution in [3.05, 3.63) is 53.7 Å². The number of hydrogen-bond donors (Lipinski definition) is 1. The number of nitrogens with zero attached hydrogens (tertiary/aromatic N) is 2. The number of pyridine rings is 1. The third-order valence-electron chi connectivity index (χ3n) is 4.39. The fourth-order valence-electron chi connectivity index (χ4n) is 3.02. The normalized spacial score (nSPS) is 17.3. The lowest BCUT2D eigenvalue weighted by Gasteiger charge is -2.15. The van der Waals surface area contributed by atoms with Gasteiger partial charge in [-0.15, -0.1) is 0 Å². The predicted molar refractivity (Wildman–Crippen MR) is 92.8 cm³/mol. The molecule has 1 N–H and O–H groups in total. The number of alkyl halides is 3. The molecule has 5 nitrogen and oxygen atoms in total. The smallest absolute Gasteiger partial charge is 0.347 e. The van der Waals surface area contributed by atoms with Gasteiger partial charge in [0.25, 0.3) is 5.91 Å². The van der Waals surface area contributed by atoms with Gasteiger partial charge in [0.15, 0.2) is 0 Å². The summed E-state index contributed by atoms with van der Waals surface area (Å²) in [7, 11) is 0. The highest BCUT2D eigenvalue weighted by Gasteiger charge is 2.32. The Balaban J connectivity index is 1.78. The second-order valence-electron chi connectivity index (χ2n) is 6.29. The standard InChI is InChI=1S/C19H18F3N3O2/c1-2-25-11-14(10-17(25)26)23-18(27)13-6-3-5-12(9-13)15-7-4-8-16(24-15)19(20,21)22/h3-9,14H,2,10-11H2,1H3,(H,23,27). The lowest BCUT2D eigenvalue weighted by atomic mass is 10.1. The molecule has 27 heavy (non-hydrogen) atoms. The average Bonchev–Trinajstić information content (AvgIpc) is 3.00. The van der Waals surface area contributed by atoms with E-state index in [0.29, 0.717) is 24.2 Å². The van der Waals surface area contributed by atoms with Crippen molar-refractivity contribution in [2.24, 2.45) is 0 Å². The maximum Gasteiger partial charge on any atom is 0.433 e. The summed E-state index contributed by atoms with van der Waals surface area (Å²) in [5.74, 6) is -0.385. The van der Waals surface area contributed by atoms with Crippen molar-refractivity contribution in [2.75, 3.05) is 13.1 Å². The number of hydrogen-bond acceptors (Lipinski definition) is 3. The maximum absolute atomic E-state index is 12.9. The number of nitrogens with one attached hydrogen (secondary N) is 1. The van der Waals surface area contributed by atoms with Crippen LogP contribution in [-0.2, 0) is 11.0 Å². The van der Waals surface area contributed by atoms with Gasteiger partial charge in [0.1, 0.15) is 5.69 Å². The van der Waals surface area contributed by atoms with Crippen molar-refractivity contribution in [1.82, 2.24) is 15.2 Å². The van der Waals surface area contributed by atoms with Gasteiger partial charge in [-0.25, -0.2) is 4.98 Å². The summed E-state index contributed by atoms with van der Waals surface area (Å²) < 4.78 is 38.6. The molecule has 0 saturated carbocycles. The average molecular weight is 377 g/mol. The molecule has 1 aromatic carbocycles. The van der Waals surface area contributed by atoms with E-state index in [1.165, 1.54) is 18.2 Å². The van der Waals surface area contributed by atoms with Crippen molar-refractivity contribution < 1.29 is 22.8 Å². The molecule has 0 radical (unpaired) electrons. The lowest BCUT2D eigenvalue weighted by Crippen LogP contribution is -2.37. The molecule has 2 aromatic rings. The van der Waals surface area contributed by atoms with Crippen molar-refractivity contribution in [1.29, 1.82) is 0 Å². The third-order valence-corrected chi connectivity index (χ3v) is 4.39. The van der Waals surface area contributed by atoms with Crippen LogP contribution in [0.5, 0.6) is 0 Å². The SMILES string of the molecule is CCN1CC(NC(=O)c2cccc(-c3cccc(C(F)(F)F)n3)c2)CC1=O. The predicted octanol–water partition coefficient (Wildman–Crippen LogP) is 3.12. The number of amides is 2. The van der Waals surface area contributed by atoms with Crippen LogP contribution in [0.15, 0.2) is 42.5 Å². The van der Waals surface area contributed by atoms with E-state index in [1.807, 2.05) is 6.92 Å². The lowest BCUT2D eigenvalue weighted by molar-refractivity contribution is -0.141.